The van der Waals surface area contributed by atoms with Crippen molar-refractivity contribution in [3.8, 4) is 0 Å². The summed E-state index contributed by atoms with van der Waals surface area (Å²) in [5, 5.41) is 4.87. The standard InChI is InChI=1S/C14H10BrClN2S/c1-8-3-2-4-10(16)13(8)18-14-17-11-7-9(15)5-6-12(11)19-14/h2-7H,1H3,(H,17,18). The van der Waals surface area contributed by atoms with Gasteiger partial charge in [-0.1, -0.05) is 51.0 Å². The van der Waals surface area contributed by atoms with E-state index in [1.54, 1.807) is 11.3 Å². The zero-order valence-corrected chi connectivity index (χ0v) is 13.2. The lowest BCUT2D eigenvalue weighted by molar-refractivity contribution is 1.39. The van der Waals surface area contributed by atoms with E-state index in [1.807, 2.05) is 37.3 Å². The average Bonchev–Trinajstić information content (AvgIpc) is 2.75. The minimum Gasteiger partial charge on any atom is -0.330 e. The van der Waals surface area contributed by atoms with Gasteiger partial charge >= 0.3 is 0 Å². The maximum Gasteiger partial charge on any atom is 0.188 e. The zero-order chi connectivity index (χ0) is 13.4. The van der Waals surface area contributed by atoms with E-state index >= 15 is 0 Å². The molecule has 0 amide bonds. The molecule has 0 spiro atoms. The van der Waals surface area contributed by atoms with E-state index in [-0.39, 0.29) is 0 Å². The van der Waals surface area contributed by atoms with Crippen LogP contribution in [0.25, 0.3) is 10.2 Å². The lowest BCUT2D eigenvalue weighted by Gasteiger charge is -2.08. The Bertz CT molecular complexity index is 734. The van der Waals surface area contributed by atoms with Crippen molar-refractivity contribution < 1.29 is 0 Å². The van der Waals surface area contributed by atoms with Crippen LogP contribution in [0.4, 0.5) is 10.8 Å². The largest absolute Gasteiger partial charge is 0.330 e. The Balaban J connectivity index is 2.01. The number of aryl methyl sites for hydroxylation is 1. The summed E-state index contributed by atoms with van der Waals surface area (Å²) < 4.78 is 2.18. The normalized spacial score (nSPS) is 10.9. The van der Waals surface area contributed by atoms with Gasteiger partial charge in [-0.25, -0.2) is 4.98 Å². The van der Waals surface area contributed by atoms with Crippen LogP contribution in [0.15, 0.2) is 40.9 Å². The molecular weight excluding hydrogens is 344 g/mol. The van der Waals surface area contributed by atoms with Crippen LogP contribution in [0.1, 0.15) is 5.56 Å². The number of aromatic nitrogens is 1. The first kappa shape index (κ1) is 12.9. The monoisotopic (exact) mass is 352 g/mol. The van der Waals surface area contributed by atoms with E-state index in [1.165, 1.54) is 0 Å². The third-order valence-electron chi connectivity index (χ3n) is 2.80. The number of halogens is 2. The van der Waals surface area contributed by atoms with Gasteiger partial charge in [0.1, 0.15) is 0 Å². The van der Waals surface area contributed by atoms with Crippen molar-refractivity contribution in [2.75, 3.05) is 5.32 Å². The van der Waals surface area contributed by atoms with E-state index in [9.17, 15) is 0 Å². The summed E-state index contributed by atoms with van der Waals surface area (Å²) in [7, 11) is 0. The summed E-state index contributed by atoms with van der Waals surface area (Å²) in [6.07, 6.45) is 0. The fraction of sp³-hybridized carbons (Fsp3) is 0.0714. The lowest BCUT2D eigenvalue weighted by atomic mass is 10.2. The quantitative estimate of drug-likeness (QED) is 0.633. The predicted molar refractivity (Wildman–Crippen MR) is 86.8 cm³/mol. The first-order valence-corrected chi connectivity index (χ1v) is 7.70. The Morgan fingerprint density at radius 1 is 1.26 bits per heavy atom. The molecule has 0 aliphatic heterocycles. The second-order valence-electron chi connectivity index (χ2n) is 4.19. The van der Waals surface area contributed by atoms with E-state index in [4.69, 9.17) is 11.6 Å². The first-order chi connectivity index (χ1) is 9.13. The number of fused-ring (bicyclic) bond motifs is 1. The van der Waals surface area contributed by atoms with Crippen LogP contribution in [-0.4, -0.2) is 4.98 Å². The molecule has 0 saturated carbocycles. The van der Waals surface area contributed by atoms with Crippen LogP contribution in [-0.2, 0) is 0 Å². The maximum absolute atomic E-state index is 6.21. The molecule has 5 heteroatoms. The molecule has 1 heterocycles. The number of nitrogens with zero attached hydrogens (tertiary/aromatic N) is 1. The highest BCUT2D eigenvalue weighted by molar-refractivity contribution is 9.10. The third kappa shape index (κ3) is 2.61. The van der Waals surface area contributed by atoms with Gasteiger partial charge in [-0.3, -0.25) is 0 Å². The second kappa shape index (κ2) is 5.12. The molecule has 2 nitrogen and oxygen atoms in total. The topological polar surface area (TPSA) is 24.9 Å². The smallest absolute Gasteiger partial charge is 0.188 e. The van der Waals surface area contributed by atoms with Crippen molar-refractivity contribution in [1.29, 1.82) is 0 Å². The Morgan fingerprint density at radius 2 is 2.11 bits per heavy atom. The Morgan fingerprint density at radius 3 is 2.89 bits per heavy atom. The van der Waals surface area contributed by atoms with Gasteiger partial charge in [-0.15, -0.1) is 0 Å². The van der Waals surface area contributed by atoms with Gasteiger partial charge in [0.25, 0.3) is 0 Å². The highest BCUT2D eigenvalue weighted by Crippen LogP contribution is 2.33. The SMILES string of the molecule is Cc1cccc(Cl)c1Nc1nc2cc(Br)ccc2s1. The van der Waals surface area contributed by atoms with Crippen LogP contribution in [0.3, 0.4) is 0 Å². The molecule has 1 aromatic heterocycles. The number of thiazole rings is 1. The average molecular weight is 354 g/mol. The summed E-state index contributed by atoms with van der Waals surface area (Å²) >= 11 is 11.3. The Labute approximate surface area is 128 Å². The van der Waals surface area contributed by atoms with Gasteiger partial charge in [0, 0.05) is 4.47 Å². The van der Waals surface area contributed by atoms with E-state index in [2.05, 4.69) is 32.3 Å². The molecule has 0 fully saturated rings. The summed E-state index contributed by atoms with van der Waals surface area (Å²) in [5.74, 6) is 0. The molecule has 0 radical (unpaired) electrons. The third-order valence-corrected chi connectivity index (χ3v) is 4.56. The van der Waals surface area contributed by atoms with Gasteiger partial charge in [0.05, 0.1) is 20.9 Å². The fourth-order valence-electron chi connectivity index (χ4n) is 1.85. The maximum atomic E-state index is 6.21. The molecule has 0 unspecified atom stereocenters. The van der Waals surface area contributed by atoms with Gasteiger partial charge in [0.15, 0.2) is 5.13 Å². The Kier molecular flexibility index (Phi) is 3.48. The molecule has 0 aliphatic rings. The van der Waals surface area contributed by atoms with Crippen molar-refractivity contribution in [1.82, 2.24) is 4.98 Å². The fourth-order valence-corrected chi connectivity index (χ4v) is 3.32. The summed E-state index contributed by atoms with van der Waals surface area (Å²) in [6.45, 7) is 2.03. The van der Waals surface area contributed by atoms with Gasteiger partial charge in [-0.05, 0) is 36.8 Å². The van der Waals surface area contributed by atoms with Crippen molar-refractivity contribution in [2.45, 2.75) is 6.92 Å². The second-order valence-corrected chi connectivity index (χ2v) is 6.54. The highest BCUT2D eigenvalue weighted by atomic mass is 79.9. The number of hydrogen-bond acceptors (Lipinski definition) is 3. The molecule has 3 aromatic rings. The van der Waals surface area contributed by atoms with Gasteiger partial charge in [-0.2, -0.15) is 0 Å². The number of hydrogen-bond donors (Lipinski definition) is 1. The molecular formula is C14H10BrClN2S. The van der Waals surface area contributed by atoms with Crippen LogP contribution in [0.2, 0.25) is 5.02 Å². The van der Waals surface area contributed by atoms with Crippen LogP contribution >= 0.6 is 38.9 Å². The van der Waals surface area contributed by atoms with Crippen LogP contribution in [0, 0.1) is 6.92 Å². The minimum absolute atomic E-state index is 0.709. The molecule has 96 valence electrons. The summed E-state index contributed by atoms with van der Waals surface area (Å²) in [6, 6.07) is 11.9. The van der Waals surface area contributed by atoms with Crippen molar-refractivity contribution in [2.24, 2.45) is 0 Å². The first-order valence-electron chi connectivity index (χ1n) is 5.72. The van der Waals surface area contributed by atoms with E-state index < -0.39 is 0 Å². The van der Waals surface area contributed by atoms with E-state index in [0.29, 0.717) is 5.02 Å². The summed E-state index contributed by atoms with van der Waals surface area (Å²) in [5.41, 5.74) is 3.00. The number of anilines is 2. The minimum atomic E-state index is 0.709. The lowest BCUT2D eigenvalue weighted by Crippen LogP contribution is -1.93. The Hall–Kier alpha value is -1.10. The number of nitrogens with one attached hydrogen (secondary N) is 1. The number of rotatable bonds is 2. The molecule has 0 atom stereocenters. The molecule has 0 saturated heterocycles. The van der Waals surface area contributed by atoms with Crippen LogP contribution < -0.4 is 5.32 Å². The van der Waals surface area contributed by atoms with Crippen LogP contribution in [0.5, 0.6) is 0 Å². The number of benzene rings is 2. The molecule has 1 N–H and O–H groups in total. The molecule has 3 rings (SSSR count). The van der Waals surface area contributed by atoms with E-state index in [0.717, 1.165) is 31.1 Å². The van der Waals surface area contributed by atoms with Crippen molar-refractivity contribution in [3.05, 3.63) is 51.5 Å². The number of para-hydroxylation sites is 1. The molecule has 0 bridgehead atoms. The van der Waals surface area contributed by atoms with Gasteiger partial charge in [0.2, 0.25) is 0 Å². The molecule has 2 aromatic carbocycles. The predicted octanol–water partition coefficient (Wildman–Crippen LogP) is 5.76. The summed E-state index contributed by atoms with van der Waals surface area (Å²) in [4.78, 5) is 4.57. The molecule has 19 heavy (non-hydrogen) atoms. The highest BCUT2D eigenvalue weighted by Gasteiger charge is 2.08. The molecule has 0 aliphatic carbocycles. The zero-order valence-electron chi connectivity index (χ0n) is 10.1. The van der Waals surface area contributed by atoms with Crippen molar-refractivity contribution >= 4 is 59.9 Å². The van der Waals surface area contributed by atoms with Gasteiger partial charge < -0.3 is 5.32 Å². The van der Waals surface area contributed by atoms with Crippen molar-refractivity contribution in [3.63, 3.8) is 0 Å².